The first-order chi connectivity index (χ1) is 43.1. The molecule has 0 bridgehead atoms. The molecule has 7 aromatic carbocycles. The Bertz CT molecular complexity index is 3850. The number of rotatable bonds is 15. The van der Waals surface area contributed by atoms with Gasteiger partial charge in [-0.1, -0.05) is 107 Å². The van der Waals surface area contributed by atoms with E-state index in [1.807, 2.05) is 92.7 Å². The summed E-state index contributed by atoms with van der Waals surface area (Å²) < 4.78 is 18.2. The Labute approximate surface area is 545 Å². The molecule has 0 radical (unpaired) electrons. The number of aromatic nitrogens is 2. The number of isothiocyanates is 1. The summed E-state index contributed by atoms with van der Waals surface area (Å²) in [5, 5.41) is 22.3. The van der Waals surface area contributed by atoms with E-state index >= 15 is 0 Å². The van der Waals surface area contributed by atoms with Crippen LogP contribution in [0.3, 0.4) is 0 Å². The number of nitrogens with one attached hydrogen (secondary N) is 2. The van der Waals surface area contributed by atoms with Crippen LogP contribution >= 0.6 is 63.0 Å². The summed E-state index contributed by atoms with van der Waals surface area (Å²) in [5.74, 6) is -1.83. The zero-order chi connectivity index (χ0) is 64.9. The maximum absolute atomic E-state index is 11.5. The number of Topliss-reactive ketones (excluding diaryl/α,β-unsaturated/α-hetero) is 1. The average Bonchev–Trinajstić information content (AvgIpc) is 1.96. The van der Waals surface area contributed by atoms with Gasteiger partial charge in [-0.25, -0.2) is 34.2 Å². The van der Waals surface area contributed by atoms with Gasteiger partial charge in [0.1, 0.15) is 0 Å². The molecule has 462 valence electrons. The van der Waals surface area contributed by atoms with Crippen molar-refractivity contribution < 1.29 is 43.3 Å². The highest BCUT2D eigenvalue weighted by molar-refractivity contribution is 9.09. The van der Waals surface area contributed by atoms with Crippen molar-refractivity contribution in [3.63, 3.8) is 0 Å². The summed E-state index contributed by atoms with van der Waals surface area (Å²) in [6, 6.07) is 56.9. The molecule has 0 unspecified atom stereocenters. The molecule has 0 saturated heterocycles. The van der Waals surface area contributed by atoms with Gasteiger partial charge in [0.25, 0.3) is 0 Å². The molecule has 0 atom stereocenters. The molecule has 9 aromatic rings. The number of thiazole rings is 2. The number of carbonyl (C=O) groups excluding carboxylic acids is 4. The number of nitrogens with zero attached hydrogens (tertiary/aromatic N) is 5. The number of nitrogen functional groups attached to an aromatic ring is 1. The lowest BCUT2D eigenvalue weighted by Gasteiger charge is -2.08. The second-order valence-electron chi connectivity index (χ2n) is 17.8. The first-order valence-corrected chi connectivity index (χ1v) is 31.2. The molecule has 2 aromatic heterocycles. The number of hydrogen-bond donors (Lipinski definition) is 4. The molecule has 0 spiro atoms. The van der Waals surface area contributed by atoms with Crippen LogP contribution in [-0.2, 0) is 27.3 Å². The molecule has 0 fully saturated rings. The number of carboxylic acids is 1. The first kappa shape index (κ1) is 72.2. The summed E-state index contributed by atoms with van der Waals surface area (Å²) in [6.45, 7) is 11.3. The highest BCUT2D eigenvalue weighted by Gasteiger charge is 2.10. The van der Waals surface area contributed by atoms with Crippen molar-refractivity contribution in [3.8, 4) is 22.5 Å². The Morgan fingerprint density at radius 3 is 1.28 bits per heavy atom. The number of nitrogens with two attached hydrogens (primary N) is 1. The Balaban J connectivity index is 0.000000242. The number of halogens is 1. The standard InChI is InChI=1S/C19H18N2O2S.C18H16N2O2S.C11H14N2O2S.C8H7BrO.C8H9NO2.C3H5NS/c1-3-21-17(14-7-5-4-6-8-14)13-24-19(21)20-16-11-9-15(10-12-16)18(22)23-2;1-2-20-16(13-6-4-3-5-7-13)12-23-18(20)19-15-10-8-14(9-11-15)17(21)22;1-3-12-11(16)13-9-6-4-8(5-7-9)10(14)15-2;9-6-8(10)7-4-2-1-3-5-7;1-11-8(10)6-2-4-7(9)5-3-6;1-2-4-3-5/h4-13H,3H2,1-2H3;3-12H,2H2,1H3,(H,21,22);4-7H,3H2,1-2H3,(H2,12,13,16);1-5H,6H2;2-5H,9H2,1H3;2H2,1H3. The minimum atomic E-state index is -0.928. The fourth-order valence-electron chi connectivity index (χ4n) is 7.46. The summed E-state index contributed by atoms with van der Waals surface area (Å²) in [7, 11) is 4.08. The first-order valence-electron chi connectivity index (χ1n) is 27.5. The highest BCUT2D eigenvalue weighted by Crippen LogP contribution is 2.23. The van der Waals surface area contributed by atoms with E-state index in [1.54, 1.807) is 108 Å². The molecule has 17 nitrogen and oxygen atoms in total. The summed E-state index contributed by atoms with van der Waals surface area (Å²) in [5.41, 5.74) is 15.7. The molecular formula is C67H69BrN8O9S4. The van der Waals surface area contributed by atoms with Crippen molar-refractivity contribution in [1.82, 2.24) is 14.5 Å². The van der Waals surface area contributed by atoms with Gasteiger partial charge in [-0.05, 0) is 160 Å². The number of alkyl halides is 1. The van der Waals surface area contributed by atoms with E-state index < -0.39 is 5.97 Å². The SMILES string of the molecule is CCN=C=S.CCNC(=S)Nc1ccc(C(=O)OC)cc1.CCn1c(-c2ccccc2)csc1=Nc1ccc(C(=O)O)cc1.CCn1c(-c2ccccc2)csc1=Nc1ccc(C(=O)OC)cc1.COC(=O)c1ccc(N)cc1.O=C(CBr)c1ccccc1. The Morgan fingerprint density at radius 1 is 0.562 bits per heavy atom. The van der Waals surface area contributed by atoms with Crippen LogP contribution in [0.4, 0.5) is 22.7 Å². The summed E-state index contributed by atoms with van der Waals surface area (Å²) in [6.07, 6.45) is 0. The lowest BCUT2D eigenvalue weighted by atomic mass is 10.2. The van der Waals surface area contributed by atoms with E-state index in [9.17, 15) is 24.0 Å². The zero-order valence-corrected chi connectivity index (χ0v) is 55.0. The van der Waals surface area contributed by atoms with Crippen LogP contribution in [0, 0.1) is 0 Å². The van der Waals surface area contributed by atoms with E-state index in [4.69, 9.17) is 32.8 Å². The predicted molar refractivity (Wildman–Crippen MR) is 368 cm³/mol. The van der Waals surface area contributed by atoms with Crippen molar-refractivity contribution in [2.24, 2.45) is 15.0 Å². The fraction of sp³-hybridized carbons (Fsp3) is 0.179. The van der Waals surface area contributed by atoms with Gasteiger partial charge >= 0.3 is 23.9 Å². The van der Waals surface area contributed by atoms with Crippen LogP contribution in [0.5, 0.6) is 0 Å². The van der Waals surface area contributed by atoms with Crippen LogP contribution in [0.15, 0.2) is 214 Å². The number of hydrogen-bond acceptors (Lipinski definition) is 16. The third-order valence-corrected chi connectivity index (χ3v) is 14.5. The normalized spacial score (nSPS) is 10.3. The molecule has 89 heavy (non-hydrogen) atoms. The number of esters is 3. The number of anilines is 2. The second-order valence-corrected chi connectivity index (χ2v) is 20.6. The Hall–Kier alpha value is -9.28. The number of ketones is 1. The molecule has 22 heteroatoms. The third-order valence-electron chi connectivity index (χ3n) is 11.9. The van der Waals surface area contributed by atoms with Crippen LogP contribution in [0.1, 0.15) is 79.5 Å². The quantitative estimate of drug-likeness (QED) is 0.0142. The van der Waals surface area contributed by atoms with Crippen LogP contribution in [-0.4, -0.2) is 93.9 Å². The van der Waals surface area contributed by atoms with Crippen molar-refractivity contribution in [2.45, 2.75) is 40.8 Å². The lowest BCUT2D eigenvalue weighted by Crippen LogP contribution is -2.27. The predicted octanol–water partition coefficient (Wildman–Crippen LogP) is 14.6. The van der Waals surface area contributed by atoms with Gasteiger partial charge in [-0.15, -0.1) is 22.7 Å². The number of thiocarbonyl (C=S) groups is 2. The monoisotopic (exact) mass is 1340 g/mol. The molecule has 2 heterocycles. The second kappa shape index (κ2) is 40.2. The van der Waals surface area contributed by atoms with E-state index in [1.165, 1.54) is 26.9 Å². The van der Waals surface area contributed by atoms with Crippen molar-refractivity contribution >= 4 is 126 Å². The van der Waals surface area contributed by atoms with E-state index in [0.717, 1.165) is 75.4 Å². The van der Waals surface area contributed by atoms with Gasteiger partial charge in [0.05, 0.1) is 76.8 Å². The van der Waals surface area contributed by atoms with Gasteiger partial charge in [-0.3, -0.25) is 4.79 Å². The van der Waals surface area contributed by atoms with E-state index in [0.29, 0.717) is 32.8 Å². The summed E-state index contributed by atoms with van der Waals surface area (Å²) in [4.78, 5) is 70.1. The smallest absolute Gasteiger partial charge is 0.337 e. The van der Waals surface area contributed by atoms with Crippen LogP contribution in [0.2, 0.25) is 0 Å². The van der Waals surface area contributed by atoms with Gasteiger partial charge in [-0.2, -0.15) is 0 Å². The molecule has 0 amide bonds. The number of carboxylic acid groups (broad SMARTS) is 1. The van der Waals surface area contributed by atoms with Crippen LogP contribution < -0.4 is 26.0 Å². The molecule has 0 aliphatic heterocycles. The third kappa shape index (κ3) is 24.4. The largest absolute Gasteiger partial charge is 0.478 e. The van der Waals surface area contributed by atoms with Crippen LogP contribution in [0.25, 0.3) is 22.5 Å². The molecule has 5 N–H and O–H groups in total. The van der Waals surface area contributed by atoms with Gasteiger partial charge in [0, 0.05) is 53.9 Å². The zero-order valence-electron chi connectivity index (χ0n) is 50.1. The minimum absolute atomic E-state index is 0.126. The number of aliphatic imine (C=N–C) groups is 1. The Kier molecular flexibility index (Phi) is 32.6. The number of aromatic carboxylic acids is 1. The lowest BCUT2D eigenvalue weighted by molar-refractivity contribution is 0.0592. The van der Waals surface area contributed by atoms with Crippen molar-refractivity contribution in [1.29, 1.82) is 0 Å². The number of ether oxygens (including phenoxy) is 3. The molecule has 0 aliphatic carbocycles. The maximum Gasteiger partial charge on any atom is 0.337 e. The molecule has 9 rings (SSSR count). The topological polar surface area (TPSA) is 230 Å². The minimum Gasteiger partial charge on any atom is -0.478 e. The fourth-order valence-corrected chi connectivity index (χ4v) is 10.2. The molecule has 0 aliphatic rings. The van der Waals surface area contributed by atoms with Crippen molar-refractivity contribution in [2.75, 3.05) is 50.8 Å². The molecule has 0 saturated carbocycles. The number of methoxy groups -OCH3 is 3. The summed E-state index contributed by atoms with van der Waals surface area (Å²) >= 11 is 15.6. The average molecular weight is 1340 g/mol. The molecular weight excluding hydrogens is 1270 g/mol. The van der Waals surface area contributed by atoms with E-state index in [-0.39, 0.29) is 29.3 Å². The van der Waals surface area contributed by atoms with Crippen molar-refractivity contribution in [3.05, 3.63) is 236 Å². The number of carbonyl (C=O) groups is 5. The maximum atomic E-state index is 11.5. The number of benzene rings is 7. The van der Waals surface area contributed by atoms with Gasteiger partial charge in [0.15, 0.2) is 20.5 Å². The highest BCUT2D eigenvalue weighted by atomic mass is 79.9. The Morgan fingerprint density at radius 2 is 0.944 bits per heavy atom. The van der Waals surface area contributed by atoms with Gasteiger partial charge in [0.2, 0.25) is 0 Å². The van der Waals surface area contributed by atoms with Gasteiger partial charge < -0.3 is 44.8 Å². The van der Waals surface area contributed by atoms with E-state index in [2.05, 4.69) is 121 Å².